The molecule has 34 heavy (non-hydrogen) atoms. The van der Waals surface area contributed by atoms with Crippen LogP contribution < -0.4 is 0 Å². The van der Waals surface area contributed by atoms with E-state index in [4.69, 9.17) is 4.42 Å². The maximum absolute atomic E-state index is 13.1. The molecule has 2 fully saturated rings. The van der Waals surface area contributed by atoms with Crippen LogP contribution in [0.1, 0.15) is 47.8 Å². The molecule has 2 aliphatic heterocycles. The molecular formula is C24H25FN4O4S. The molecule has 0 radical (unpaired) electrons. The molecule has 0 spiro atoms. The molecule has 10 heteroatoms. The SMILES string of the molecule is O=C(c1ccc(S(=O)(=O)N2CCCC2)cc1)N1CCC(c2nnc(-c3ccc(F)cc3)o2)CC1. The highest BCUT2D eigenvalue weighted by Crippen LogP contribution is 2.30. The molecule has 0 N–H and O–H groups in total. The second-order valence-electron chi connectivity index (χ2n) is 8.65. The van der Waals surface area contributed by atoms with Gasteiger partial charge in [-0.15, -0.1) is 10.2 Å². The van der Waals surface area contributed by atoms with Gasteiger partial charge < -0.3 is 9.32 Å². The number of rotatable bonds is 5. The number of likely N-dealkylation sites (tertiary alicyclic amines) is 1. The second-order valence-corrected chi connectivity index (χ2v) is 10.6. The lowest BCUT2D eigenvalue weighted by Crippen LogP contribution is -2.38. The highest BCUT2D eigenvalue weighted by molar-refractivity contribution is 7.89. The molecule has 5 rings (SSSR count). The van der Waals surface area contributed by atoms with Gasteiger partial charge in [-0.3, -0.25) is 4.79 Å². The van der Waals surface area contributed by atoms with Crippen molar-refractivity contribution in [1.29, 1.82) is 0 Å². The smallest absolute Gasteiger partial charge is 0.253 e. The summed E-state index contributed by atoms with van der Waals surface area (Å²) in [6.07, 6.45) is 3.11. The largest absolute Gasteiger partial charge is 0.420 e. The van der Waals surface area contributed by atoms with Gasteiger partial charge in [0.05, 0.1) is 4.90 Å². The van der Waals surface area contributed by atoms with Gasteiger partial charge in [0.1, 0.15) is 5.82 Å². The van der Waals surface area contributed by atoms with Crippen LogP contribution in [0.4, 0.5) is 4.39 Å². The van der Waals surface area contributed by atoms with Crippen molar-refractivity contribution in [3.63, 3.8) is 0 Å². The second kappa shape index (κ2) is 9.27. The van der Waals surface area contributed by atoms with Gasteiger partial charge in [-0.25, -0.2) is 12.8 Å². The first-order valence-electron chi connectivity index (χ1n) is 11.4. The standard InChI is InChI=1S/C24H25FN4O4S/c25-20-7-3-17(4-8-20)22-26-27-23(33-22)18-11-15-28(16-12-18)24(30)19-5-9-21(10-6-19)34(31,32)29-13-1-2-14-29/h3-10,18H,1-2,11-16H2. The fourth-order valence-electron chi connectivity index (χ4n) is 4.47. The van der Waals surface area contributed by atoms with E-state index in [1.165, 1.54) is 28.6 Å². The Balaban J connectivity index is 1.20. The van der Waals surface area contributed by atoms with Crippen LogP contribution in [0.3, 0.4) is 0 Å². The van der Waals surface area contributed by atoms with Crippen molar-refractivity contribution in [2.75, 3.05) is 26.2 Å². The first kappa shape index (κ1) is 22.7. The number of carbonyl (C=O) groups is 1. The highest BCUT2D eigenvalue weighted by Gasteiger charge is 2.30. The Labute approximate surface area is 197 Å². The van der Waals surface area contributed by atoms with E-state index in [9.17, 15) is 17.6 Å². The maximum atomic E-state index is 13.1. The van der Waals surface area contributed by atoms with Crippen molar-refractivity contribution < 1.29 is 22.0 Å². The van der Waals surface area contributed by atoms with E-state index in [0.29, 0.717) is 61.9 Å². The minimum atomic E-state index is -3.50. The Kier molecular flexibility index (Phi) is 6.18. The average molecular weight is 485 g/mol. The summed E-state index contributed by atoms with van der Waals surface area (Å²) in [7, 11) is -3.50. The molecule has 2 aromatic carbocycles. The lowest BCUT2D eigenvalue weighted by atomic mass is 9.96. The minimum Gasteiger partial charge on any atom is -0.420 e. The van der Waals surface area contributed by atoms with Gasteiger partial charge in [-0.1, -0.05) is 0 Å². The van der Waals surface area contributed by atoms with E-state index in [1.54, 1.807) is 29.2 Å². The van der Waals surface area contributed by atoms with Gasteiger partial charge in [0, 0.05) is 43.2 Å². The Bertz CT molecular complexity index is 1260. The normalized spacial score (nSPS) is 17.9. The number of sulfonamides is 1. The van der Waals surface area contributed by atoms with E-state index in [1.807, 2.05) is 0 Å². The van der Waals surface area contributed by atoms with E-state index in [0.717, 1.165) is 12.8 Å². The van der Waals surface area contributed by atoms with Crippen LogP contribution in [0.5, 0.6) is 0 Å². The van der Waals surface area contributed by atoms with Crippen LogP contribution in [0.25, 0.3) is 11.5 Å². The zero-order valence-electron chi connectivity index (χ0n) is 18.6. The lowest BCUT2D eigenvalue weighted by Gasteiger charge is -2.30. The maximum Gasteiger partial charge on any atom is 0.253 e. The van der Waals surface area contributed by atoms with Crippen LogP contribution in [0, 0.1) is 5.82 Å². The molecule has 0 bridgehead atoms. The third-order valence-corrected chi connectivity index (χ3v) is 8.38. The number of nitrogens with zero attached hydrogens (tertiary/aromatic N) is 4. The third kappa shape index (κ3) is 4.47. The third-order valence-electron chi connectivity index (χ3n) is 6.47. The number of benzene rings is 2. The molecule has 8 nitrogen and oxygen atoms in total. The van der Waals surface area contributed by atoms with Gasteiger partial charge in [0.15, 0.2) is 0 Å². The van der Waals surface area contributed by atoms with Crippen LogP contribution in [-0.2, 0) is 10.0 Å². The molecule has 0 saturated carbocycles. The molecule has 1 aromatic heterocycles. The minimum absolute atomic E-state index is 0.0405. The predicted octanol–water partition coefficient (Wildman–Crippen LogP) is 3.68. The van der Waals surface area contributed by atoms with E-state index in [-0.39, 0.29) is 22.5 Å². The molecule has 0 atom stereocenters. The Morgan fingerprint density at radius 1 is 0.912 bits per heavy atom. The van der Waals surface area contributed by atoms with Crippen molar-refractivity contribution in [2.24, 2.45) is 0 Å². The molecule has 0 unspecified atom stereocenters. The fourth-order valence-corrected chi connectivity index (χ4v) is 5.98. The van der Waals surface area contributed by atoms with Crippen molar-refractivity contribution >= 4 is 15.9 Å². The predicted molar refractivity (Wildman–Crippen MR) is 122 cm³/mol. The van der Waals surface area contributed by atoms with E-state index >= 15 is 0 Å². The van der Waals surface area contributed by atoms with Crippen LogP contribution in [-0.4, -0.2) is 59.9 Å². The summed E-state index contributed by atoms with van der Waals surface area (Å²) in [5.41, 5.74) is 1.12. The molecule has 3 aromatic rings. The first-order valence-corrected chi connectivity index (χ1v) is 12.8. The van der Waals surface area contributed by atoms with Gasteiger partial charge in [-0.05, 0) is 74.2 Å². The monoisotopic (exact) mass is 484 g/mol. The molecule has 0 aliphatic carbocycles. The lowest BCUT2D eigenvalue weighted by molar-refractivity contribution is 0.0706. The summed E-state index contributed by atoms with van der Waals surface area (Å²) in [6.45, 7) is 2.16. The van der Waals surface area contributed by atoms with Crippen molar-refractivity contribution in [2.45, 2.75) is 36.5 Å². The van der Waals surface area contributed by atoms with Gasteiger partial charge >= 0.3 is 0 Å². The summed E-state index contributed by atoms with van der Waals surface area (Å²) in [4.78, 5) is 14.9. The van der Waals surface area contributed by atoms with Crippen LogP contribution >= 0.6 is 0 Å². The summed E-state index contributed by atoms with van der Waals surface area (Å²) >= 11 is 0. The Morgan fingerprint density at radius 2 is 1.56 bits per heavy atom. The summed E-state index contributed by atoms with van der Waals surface area (Å²) in [6, 6.07) is 12.1. The number of halogens is 1. The summed E-state index contributed by atoms with van der Waals surface area (Å²) in [5, 5.41) is 8.23. The Morgan fingerprint density at radius 3 is 2.21 bits per heavy atom. The highest BCUT2D eigenvalue weighted by atomic mass is 32.2. The average Bonchev–Trinajstić information content (AvgIpc) is 3.58. The van der Waals surface area contributed by atoms with Crippen LogP contribution in [0.15, 0.2) is 57.8 Å². The number of hydrogen-bond donors (Lipinski definition) is 0. The molecule has 2 saturated heterocycles. The van der Waals surface area contributed by atoms with Gasteiger partial charge in [0.2, 0.25) is 21.8 Å². The quantitative estimate of drug-likeness (QED) is 0.548. The number of amides is 1. The number of hydrogen-bond acceptors (Lipinski definition) is 6. The Hall–Kier alpha value is -3.11. The van der Waals surface area contributed by atoms with E-state index < -0.39 is 10.0 Å². The molecule has 178 valence electrons. The van der Waals surface area contributed by atoms with Crippen molar-refractivity contribution in [3.8, 4) is 11.5 Å². The zero-order chi connectivity index (χ0) is 23.7. The first-order chi connectivity index (χ1) is 16.4. The summed E-state index contributed by atoms with van der Waals surface area (Å²) < 4.78 is 45.8. The number of aromatic nitrogens is 2. The summed E-state index contributed by atoms with van der Waals surface area (Å²) in [5.74, 6) is 0.448. The fraction of sp³-hybridized carbons (Fsp3) is 0.375. The number of carbonyl (C=O) groups excluding carboxylic acids is 1. The van der Waals surface area contributed by atoms with Gasteiger partial charge in [0.25, 0.3) is 5.91 Å². The van der Waals surface area contributed by atoms with Crippen LogP contribution in [0.2, 0.25) is 0 Å². The molecule has 3 heterocycles. The topological polar surface area (TPSA) is 96.6 Å². The van der Waals surface area contributed by atoms with Gasteiger partial charge in [-0.2, -0.15) is 4.31 Å². The molecule has 2 aliphatic rings. The van der Waals surface area contributed by atoms with Crippen molar-refractivity contribution in [3.05, 3.63) is 65.8 Å². The molecule has 1 amide bonds. The molecular weight excluding hydrogens is 459 g/mol. The number of piperidine rings is 1. The van der Waals surface area contributed by atoms with E-state index in [2.05, 4.69) is 10.2 Å². The zero-order valence-corrected chi connectivity index (χ0v) is 19.4. The van der Waals surface area contributed by atoms with Crippen molar-refractivity contribution in [1.82, 2.24) is 19.4 Å².